The maximum Gasteiger partial charge on any atom is 0.510 e. The Balaban J connectivity index is 0.000001000. The molecule has 0 aliphatic rings. The molecule has 1 atom stereocenters. The molecule has 4 heteroatoms. The summed E-state index contributed by atoms with van der Waals surface area (Å²) in [5, 5.41) is 0. The van der Waals surface area contributed by atoms with E-state index in [9.17, 15) is 4.57 Å². The first-order valence-corrected chi connectivity index (χ1v) is 4.36. The third kappa shape index (κ3) is 3.83. The van der Waals surface area contributed by atoms with Crippen LogP contribution in [0, 0.1) is 0 Å². The lowest BCUT2D eigenvalue weighted by molar-refractivity contribution is 0.502. The Bertz CT molecular complexity index is 225. The summed E-state index contributed by atoms with van der Waals surface area (Å²) >= 11 is 0. The van der Waals surface area contributed by atoms with E-state index in [0.717, 1.165) is 5.56 Å². The molecule has 1 unspecified atom stereocenters. The lowest BCUT2D eigenvalue weighted by atomic mass is 10.2. The second-order valence-corrected chi connectivity index (χ2v) is 3.02. The van der Waals surface area contributed by atoms with Crippen LogP contribution in [0.15, 0.2) is 30.3 Å². The van der Waals surface area contributed by atoms with Crippen molar-refractivity contribution in [2.24, 2.45) is 0 Å². The third-order valence-corrected chi connectivity index (χ3v) is 1.80. The topological polar surface area (TPSA) is 72.3 Å². The minimum absolute atomic E-state index is 0. The first kappa shape index (κ1) is 10.2. The predicted octanol–water partition coefficient (Wildman–Crippen LogP) is 2.08. The zero-order chi connectivity index (χ0) is 7.40. The van der Waals surface area contributed by atoms with E-state index in [-0.39, 0.29) is 12.3 Å². The summed E-state index contributed by atoms with van der Waals surface area (Å²) < 4.78 is 10.3. The van der Waals surface area contributed by atoms with Crippen molar-refractivity contribution in [3.8, 4) is 0 Å². The van der Waals surface area contributed by atoms with Crippen LogP contribution in [-0.4, -0.2) is 4.89 Å². The molecular weight excluding hydrogens is 161 g/mol. The fraction of sp³-hybridized carbons (Fsp3) is 0.143. The zero-order valence-electron chi connectivity index (χ0n) is 6.10. The van der Waals surface area contributed by atoms with Crippen LogP contribution in [0.2, 0.25) is 0 Å². The predicted molar refractivity (Wildman–Crippen MR) is 45.0 cm³/mol. The van der Waals surface area contributed by atoms with Crippen molar-refractivity contribution in [3.63, 3.8) is 0 Å². The molecule has 0 amide bonds. The van der Waals surface area contributed by atoms with Gasteiger partial charge < -0.3 is 6.15 Å². The maximum absolute atomic E-state index is 10.3. The fourth-order valence-electron chi connectivity index (χ4n) is 0.740. The second kappa shape index (κ2) is 4.97. The van der Waals surface area contributed by atoms with E-state index in [1.165, 1.54) is 0 Å². The molecule has 0 aliphatic heterocycles. The quantitative estimate of drug-likeness (QED) is 0.671. The van der Waals surface area contributed by atoms with Crippen molar-refractivity contribution in [1.29, 1.82) is 0 Å². The molecule has 0 heterocycles. The molecule has 60 valence electrons. The maximum atomic E-state index is 10.3. The molecule has 0 bridgehead atoms. The highest BCUT2D eigenvalue weighted by Gasteiger charge is 2.09. The van der Waals surface area contributed by atoms with Crippen molar-refractivity contribution in [2.45, 2.75) is 6.16 Å². The van der Waals surface area contributed by atoms with Gasteiger partial charge in [-0.25, -0.2) is 0 Å². The summed E-state index contributed by atoms with van der Waals surface area (Å²) in [6, 6.07) is 9.27. The summed E-state index contributed by atoms with van der Waals surface area (Å²) in [7, 11) is -2.03. The van der Waals surface area contributed by atoms with Gasteiger partial charge in [0, 0.05) is 5.56 Å². The van der Waals surface area contributed by atoms with E-state index in [4.69, 9.17) is 4.89 Å². The van der Waals surface area contributed by atoms with Gasteiger partial charge in [-0.2, -0.15) is 4.89 Å². The van der Waals surface area contributed by atoms with Gasteiger partial charge in [0.25, 0.3) is 0 Å². The van der Waals surface area contributed by atoms with Gasteiger partial charge in [0.15, 0.2) is 0 Å². The Labute approximate surface area is 66.5 Å². The van der Waals surface area contributed by atoms with Gasteiger partial charge in [0.2, 0.25) is 6.16 Å². The van der Waals surface area contributed by atoms with Crippen LogP contribution in [0.4, 0.5) is 0 Å². The highest BCUT2D eigenvalue weighted by molar-refractivity contribution is 7.37. The van der Waals surface area contributed by atoms with E-state index < -0.39 is 8.03 Å². The molecule has 0 saturated carbocycles. The third-order valence-electron chi connectivity index (χ3n) is 1.16. The fourth-order valence-corrected chi connectivity index (χ4v) is 1.26. The average molecular weight is 172 g/mol. The van der Waals surface area contributed by atoms with Crippen LogP contribution >= 0.6 is 8.03 Å². The first-order valence-electron chi connectivity index (χ1n) is 2.96. The Kier molecular flexibility index (Phi) is 4.62. The molecule has 4 N–H and O–H groups in total. The lowest BCUT2D eigenvalue weighted by Crippen LogP contribution is -1.75. The normalized spacial score (nSPS) is 10.1. The van der Waals surface area contributed by atoms with Crippen molar-refractivity contribution < 1.29 is 9.46 Å². The summed E-state index contributed by atoms with van der Waals surface area (Å²) in [4.78, 5) is 8.52. The SMILES string of the molecule is N.O=[P+](O)Cc1ccccc1. The van der Waals surface area contributed by atoms with Crippen LogP contribution in [0.5, 0.6) is 0 Å². The number of benzene rings is 1. The average Bonchev–Trinajstić information content (AvgIpc) is 1.88. The molecule has 1 aromatic rings. The zero-order valence-corrected chi connectivity index (χ0v) is 7.00. The molecular formula is C7H11NO2P+. The minimum Gasteiger partial charge on any atom is -0.344 e. The second-order valence-electron chi connectivity index (χ2n) is 2.00. The van der Waals surface area contributed by atoms with Crippen molar-refractivity contribution in [2.75, 3.05) is 0 Å². The van der Waals surface area contributed by atoms with Gasteiger partial charge in [-0.1, -0.05) is 30.3 Å². The Morgan fingerprint density at radius 2 is 1.82 bits per heavy atom. The molecule has 0 saturated heterocycles. The van der Waals surface area contributed by atoms with E-state index in [2.05, 4.69) is 0 Å². The Hall–Kier alpha value is -0.760. The molecule has 0 radical (unpaired) electrons. The van der Waals surface area contributed by atoms with Crippen LogP contribution in [0.25, 0.3) is 0 Å². The minimum atomic E-state index is -2.03. The highest BCUT2D eigenvalue weighted by Crippen LogP contribution is 2.20. The van der Waals surface area contributed by atoms with Crippen molar-refractivity contribution in [3.05, 3.63) is 35.9 Å². The van der Waals surface area contributed by atoms with Crippen LogP contribution < -0.4 is 6.15 Å². The number of rotatable bonds is 2. The molecule has 0 aromatic heterocycles. The van der Waals surface area contributed by atoms with E-state index >= 15 is 0 Å². The summed E-state index contributed by atoms with van der Waals surface area (Å²) in [6.07, 6.45) is 0.260. The van der Waals surface area contributed by atoms with Crippen LogP contribution in [0.3, 0.4) is 0 Å². The molecule has 0 fully saturated rings. The summed E-state index contributed by atoms with van der Waals surface area (Å²) in [5.74, 6) is 0. The summed E-state index contributed by atoms with van der Waals surface area (Å²) in [6.45, 7) is 0. The number of hydrogen-bond acceptors (Lipinski definition) is 2. The van der Waals surface area contributed by atoms with E-state index in [1.807, 2.05) is 30.3 Å². The molecule has 1 aromatic carbocycles. The van der Waals surface area contributed by atoms with Crippen LogP contribution in [0.1, 0.15) is 5.56 Å². The molecule has 1 rings (SSSR count). The van der Waals surface area contributed by atoms with Gasteiger partial charge in [0.1, 0.15) is 0 Å². The van der Waals surface area contributed by atoms with Crippen molar-refractivity contribution >= 4 is 8.03 Å². The van der Waals surface area contributed by atoms with Gasteiger partial charge in [-0.05, 0) is 4.57 Å². The van der Waals surface area contributed by atoms with Crippen LogP contribution in [-0.2, 0) is 10.7 Å². The monoisotopic (exact) mass is 172 g/mol. The van der Waals surface area contributed by atoms with Crippen molar-refractivity contribution in [1.82, 2.24) is 6.15 Å². The Morgan fingerprint density at radius 1 is 1.27 bits per heavy atom. The van der Waals surface area contributed by atoms with Gasteiger partial charge in [-0.3, -0.25) is 0 Å². The van der Waals surface area contributed by atoms with E-state index in [1.54, 1.807) is 0 Å². The smallest absolute Gasteiger partial charge is 0.344 e. The number of hydrogen-bond donors (Lipinski definition) is 2. The molecule has 3 nitrogen and oxygen atoms in total. The van der Waals surface area contributed by atoms with Gasteiger partial charge >= 0.3 is 8.03 Å². The van der Waals surface area contributed by atoms with E-state index in [0.29, 0.717) is 0 Å². The summed E-state index contributed by atoms with van der Waals surface area (Å²) in [5.41, 5.74) is 0.908. The molecule has 11 heavy (non-hydrogen) atoms. The van der Waals surface area contributed by atoms with Gasteiger partial charge in [-0.15, -0.1) is 0 Å². The lowest BCUT2D eigenvalue weighted by Gasteiger charge is -1.86. The molecule has 0 aliphatic carbocycles. The molecule has 0 spiro atoms. The van der Waals surface area contributed by atoms with Gasteiger partial charge in [0.05, 0.1) is 0 Å². The highest BCUT2D eigenvalue weighted by atomic mass is 31.1. The standard InChI is InChI=1S/C7H7O2P.H3N/c8-10(9)6-7-4-2-1-3-5-7;/h1-5H,6H2;1H3/p+1. The Morgan fingerprint density at radius 3 is 2.27 bits per heavy atom. The first-order chi connectivity index (χ1) is 4.79. The largest absolute Gasteiger partial charge is 0.510 e.